The molecule has 0 saturated carbocycles. The van der Waals surface area contributed by atoms with Crippen molar-refractivity contribution in [1.82, 2.24) is 4.31 Å². The summed E-state index contributed by atoms with van der Waals surface area (Å²) in [5.74, 6) is -0.282. The van der Waals surface area contributed by atoms with E-state index in [1.165, 1.54) is 4.31 Å². The molecule has 0 unspecified atom stereocenters. The molecule has 1 aliphatic rings. The first kappa shape index (κ1) is 23.7. The van der Waals surface area contributed by atoms with E-state index >= 15 is 0 Å². The lowest BCUT2D eigenvalue weighted by Crippen LogP contribution is -2.35. The lowest BCUT2D eigenvalue weighted by molar-refractivity contribution is -0.145. The minimum absolute atomic E-state index is 0.0952. The van der Waals surface area contributed by atoms with Crippen LogP contribution in [0.1, 0.15) is 31.7 Å². The highest BCUT2D eigenvalue weighted by Gasteiger charge is 2.25. The normalized spacial score (nSPS) is 14.5. The fourth-order valence-electron chi connectivity index (χ4n) is 3.43. The van der Waals surface area contributed by atoms with Crippen LogP contribution in [-0.2, 0) is 30.8 Å². The summed E-state index contributed by atoms with van der Waals surface area (Å²) in [6, 6.07) is 13.1. The largest absolute Gasteiger partial charge is 0.482 e. The molecular formula is C23H28N2O6S. The van der Waals surface area contributed by atoms with E-state index in [1.807, 2.05) is 0 Å². The summed E-state index contributed by atoms with van der Waals surface area (Å²) >= 11 is 0. The molecule has 8 nitrogen and oxygen atoms in total. The van der Waals surface area contributed by atoms with Gasteiger partial charge in [0.25, 0.3) is 0 Å². The molecule has 1 heterocycles. The number of carbonyl (C=O) groups excluding carboxylic acids is 2. The summed E-state index contributed by atoms with van der Waals surface area (Å²) < 4.78 is 37.2. The quantitative estimate of drug-likeness (QED) is 0.577. The molecule has 9 heteroatoms. The van der Waals surface area contributed by atoms with Crippen molar-refractivity contribution in [3.8, 4) is 5.75 Å². The van der Waals surface area contributed by atoms with Crippen LogP contribution in [-0.4, -0.2) is 50.9 Å². The Morgan fingerprint density at radius 2 is 1.75 bits per heavy atom. The number of nitrogens with one attached hydrogen (secondary N) is 1. The number of anilines is 1. The second kappa shape index (κ2) is 11.1. The van der Waals surface area contributed by atoms with Crippen LogP contribution < -0.4 is 10.1 Å². The number of hydrogen-bond acceptors (Lipinski definition) is 6. The van der Waals surface area contributed by atoms with Gasteiger partial charge in [-0.15, -0.1) is 0 Å². The molecule has 0 atom stereocenters. The molecule has 2 aromatic carbocycles. The fourth-order valence-corrected chi connectivity index (χ4v) is 4.95. The van der Waals surface area contributed by atoms with E-state index in [9.17, 15) is 18.0 Å². The summed E-state index contributed by atoms with van der Waals surface area (Å²) in [7, 11) is -3.49. The van der Waals surface area contributed by atoms with Gasteiger partial charge in [-0.25, -0.2) is 13.2 Å². The first-order valence-corrected chi connectivity index (χ1v) is 12.1. The van der Waals surface area contributed by atoms with Crippen molar-refractivity contribution in [2.24, 2.45) is 0 Å². The molecule has 0 bridgehead atoms. The first-order valence-electron chi connectivity index (χ1n) is 10.7. The van der Waals surface area contributed by atoms with Crippen LogP contribution in [0, 0.1) is 0 Å². The Labute approximate surface area is 188 Å². The number of sulfonamides is 1. The smallest absolute Gasteiger partial charge is 0.344 e. The maximum Gasteiger partial charge on any atom is 0.344 e. The van der Waals surface area contributed by atoms with Crippen molar-refractivity contribution >= 4 is 27.6 Å². The highest BCUT2D eigenvalue weighted by Crippen LogP contribution is 2.21. The van der Waals surface area contributed by atoms with E-state index in [-0.39, 0.29) is 30.4 Å². The standard InChI is InChI=1S/C23H28N2O6S/c1-2-30-23(27)17-31-20-8-6-7-19(16-20)24-22(26)15-18-9-11-21(12-10-18)32(28,29)25-13-4-3-5-14-25/h6-12,16H,2-5,13-15,17H2,1H3,(H,24,26). The number of amides is 1. The fraction of sp³-hybridized carbons (Fsp3) is 0.391. The maximum atomic E-state index is 12.7. The summed E-state index contributed by atoms with van der Waals surface area (Å²) in [4.78, 5) is 24.1. The molecule has 0 spiro atoms. The number of nitrogens with zero attached hydrogens (tertiary/aromatic N) is 1. The molecule has 1 saturated heterocycles. The zero-order valence-corrected chi connectivity index (χ0v) is 18.9. The highest BCUT2D eigenvalue weighted by molar-refractivity contribution is 7.89. The summed E-state index contributed by atoms with van der Waals surface area (Å²) in [5.41, 5.74) is 1.23. The van der Waals surface area contributed by atoms with Crippen LogP contribution in [0.3, 0.4) is 0 Å². The second-order valence-corrected chi connectivity index (χ2v) is 9.39. The number of carbonyl (C=O) groups is 2. The molecule has 0 aliphatic carbocycles. The van der Waals surface area contributed by atoms with Gasteiger partial charge in [0, 0.05) is 24.8 Å². The van der Waals surface area contributed by atoms with Gasteiger partial charge in [0.2, 0.25) is 15.9 Å². The SMILES string of the molecule is CCOC(=O)COc1cccc(NC(=O)Cc2ccc(S(=O)(=O)N3CCCCC3)cc2)c1. The van der Waals surface area contributed by atoms with Crippen molar-refractivity contribution in [2.75, 3.05) is 31.6 Å². The molecule has 0 aromatic heterocycles. The van der Waals surface area contributed by atoms with Crippen LogP contribution >= 0.6 is 0 Å². The highest BCUT2D eigenvalue weighted by atomic mass is 32.2. The van der Waals surface area contributed by atoms with Crippen LogP contribution in [0.25, 0.3) is 0 Å². The van der Waals surface area contributed by atoms with Crippen LogP contribution in [0.4, 0.5) is 5.69 Å². The van der Waals surface area contributed by atoms with E-state index in [4.69, 9.17) is 9.47 Å². The van der Waals surface area contributed by atoms with E-state index in [2.05, 4.69) is 5.32 Å². The maximum absolute atomic E-state index is 12.7. The molecule has 32 heavy (non-hydrogen) atoms. The Morgan fingerprint density at radius 1 is 1.03 bits per heavy atom. The Hall–Kier alpha value is -2.91. The third kappa shape index (κ3) is 6.54. The summed E-state index contributed by atoms with van der Waals surface area (Å²) in [6.07, 6.45) is 2.91. The van der Waals surface area contributed by atoms with E-state index in [1.54, 1.807) is 55.5 Å². The van der Waals surface area contributed by atoms with Gasteiger partial charge in [-0.3, -0.25) is 4.79 Å². The second-order valence-electron chi connectivity index (χ2n) is 7.46. The monoisotopic (exact) mass is 460 g/mol. The molecule has 1 fully saturated rings. The van der Waals surface area contributed by atoms with Crippen molar-refractivity contribution in [2.45, 2.75) is 37.5 Å². The van der Waals surface area contributed by atoms with Gasteiger partial charge in [-0.05, 0) is 49.6 Å². The Kier molecular flexibility index (Phi) is 8.24. The molecular weight excluding hydrogens is 432 g/mol. The van der Waals surface area contributed by atoms with Crippen molar-refractivity contribution in [1.29, 1.82) is 0 Å². The van der Waals surface area contributed by atoms with E-state index < -0.39 is 16.0 Å². The molecule has 2 aromatic rings. The Morgan fingerprint density at radius 3 is 2.44 bits per heavy atom. The van der Waals surface area contributed by atoms with Crippen LogP contribution in [0.15, 0.2) is 53.4 Å². The number of rotatable bonds is 9. The molecule has 1 amide bonds. The zero-order chi connectivity index (χ0) is 23.0. The van der Waals surface area contributed by atoms with Gasteiger partial charge in [0.15, 0.2) is 6.61 Å². The third-order valence-electron chi connectivity index (χ3n) is 5.02. The van der Waals surface area contributed by atoms with Gasteiger partial charge in [0.05, 0.1) is 17.9 Å². The van der Waals surface area contributed by atoms with Crippen LogP contribution in [0.2, 0.25) is 0 Å². The average Bonchev–Trinajstić information content (AvgIpc) is 2.79. The number of hydrogen-bond donors (Lipinski definition) is 1. The van der Waals surface area contributed by atoms with E-state index in [0.717, 1.165) is 19.3 Å². The molecule has 3 rings (SSSR count). The van der Waals surface area contributed by atoms with E-state index in [0.29, 0.717) is 30.1 Å². The molecule has 1 aliphatic heterocycles. The molecule has 172 valence electrons. The third-order valence-corrected chi connectivity index (χ3v) is 6.93. The van der Waals surface area contributed by atoms with Gasteiger partial charge >= 0.3 is 5.97 Å². The summed E-state index contributed by atoms with van der Waals surface area (Å²) in [5, 5.41) is 2.78. The zero-order valence-electron chi connectivity index (χ0n) is 18.1. The van der Waals surface area contributed by atoms with Crippen molar-refractivity contribution in [3.63, 3.8) is 0 Å². The van der Waals surface area contributed by atoms with Gasteiger partial charge < -0.3 is 14.8 Å². The number of benzene rings is 2. The van der Waals surface area contributed by atoms with Gasteiger partial charge in [-0.1, -0.05) is 24.6 Å². The average molecular weight is 461 g/mol. The van der Waals surface area contributed by atoms with Gasteiger partial charge in [0.1, 0.15) is 5.75 Å². The lowest BCUT2D eigenvalue weighted by Gasteiger charge is -2.25. The summed E-state index contributed by atoms with van der Waals surface area (Å²) in [6.45, 7) is 2.89. The first-order chi connectivity index (χ1) is 15.4. The van der Waals surface area contributed by atoms with Crippen molar-refractivity contribution < 1.29 is 27.5 Å². The topological polar surface area (TPSA) is 102 Å². The molecule has 1 N–H and O–H groups in total. The van der Waals surface area contributed by atoms with Gasteiger partial charge in [-0.2, -0.15) is 4.31 Å². The molecule has 0 radical (unpaired) electrons. The Bertz CT molecular complexity index is 1030. The van der Waals surface area contributed by atoms with Crippen LogP contribution in [0.5, 0.6) is 5.75 Å². The van der Waals surface area contributed by atoms with Crippen molar-refractivity contribution in [3.05, 3.63) is 54.1 Å². The number of piperidine rings is 1. The predicted molar refractivity (Wildman–Crippen MR) is 120 cm³/mol. The minimum Gasteiger partial charge on any atom is -0.482 e. The Balaban J connectivity index is 1.56. The lowest BCUT2D eigenvalue weighted by atomic mass is 10.1. The predicted octanol–water partition coefficient (Wildman–Crippen LogP) is 2.98. The number of esters is 1. The minimum atomic E-state index is -3.49. The number of ether oxygens (including phenoxy) is 2.